The van der Waals surface area contributed by atoms with Gasteiger partial charge in [0, 0.05) is 18.8 Å². The Bertz CT molecular complexity index is 1470. The van der Waals surface area contributed by atoms with Crippen LogP contribution in [0.4, 0.5) is 11.4 Å². The van der Waals surface area contributed by atoms with Gasteiger partial charge in [-0.3, -0.25) is 9.52 Å². The summed E-state index contributed by atoms with van der Waals surface area (Å²) in [6.07, 6.45) is 1.10. The third-order valence-corrected chi connectivity index (χ3v) is 9.53. The van der Waals surface area contributed by atoms with E-state index in [1.54, 1.807) is 24.3 Å². The van der Waals surface area contributed by atoms with Crippen LogP contribution in [0.15, 0.2) is 82.6 Å². The van der Waals surface area contributed by atoms with Crippen molar-refractivity contribution in [2.45, 2.75) is 29.6 Å². The number of anilines is 2. The van der Waals surface area contributed by atoms with Crippen molar-refractivity contribution in [2.75, 3.05) is 30.2 Å². The summed E-state index contributed by atoms with van der Waals surface area (Å²) in [6.45, 7) is 2.21. The number of para-hydroxylation sites is 1. The van der Waals surface area contributed by atoms with E-state index in [1.165, 1.54) is 47.8 Å². The summed E-state index contributed by atoms with van der Waals surface area (Å²) in [5, 5.41) is 2.78. The molecule has 3 aromatic carbocycles. The van der Waals surface area contributed by atoms with Gasteiger partial charge in [-0.1, -0.05) is 18.2 Å². The van der Waals surface area contributed by atoms with Gasteiger partial charge >= 0.3 is 0 Å². The minimum absolute atomic E-state index is 0.0585. The normalized spacial score (nSPS) is 16.6. The number of piperidine rings is 1. The van der Waals surface area contributed by atoms with Crippen LogP contribution in [0.5, 0.6) is 5.75 Å². The molecule has 0 spiro atoms. The number of nitrogens with one attached hydrogen (secondary N) is 2. The standard InChI is InChI=1S/C26H29N3O6S2/c1-19-6-3-4-8-25(19)28-36(31,32)23-13-9-21(10-14-23)27-26(30)20-7-5-17-29(18-20)37(33,34)24-15-11-22(35-2)12-16-24/h3-4,6,8-16,20,28H,5,7,17-18H2,1-2H3,(H,27,30). The predicted molar refractivity (Wildman–Crippen MR) is 142 cm³/mol. The smallest absolute Gasteiger partial charge is 0.261 e. The fourth-order valence-corrected chi connectivity index (χ4v) is 6.78. The van der Waals surface area contributed by atoms with Gasteiger partial charge < -0.3 is 10.1 Å². The molecule has 1 aliphatic rings. The number of sulfonamides is 2. The van der Waals surface area contributed by atoms with E-state index in [2.05, 4.69) is 10.0 Å². The van der Waals surface area contributed by atoms with E-state index in [1.807, 2.05) is 19.1 Å². The number of benzene rings is 3. The van der Waals surface area contributed by atoms with Crippen LogP contribution < -0.4 is 14.8 Å². The molecule has 4 rings (SSSR count). The lowest BCUT2D eigenvalue weighted by Crippen LogP contribution is -2.43. The van der Waals surface area contributed by atoms with Crippen LogP contribution in [0.2, 0.25) is 0 Å². The predicted octanol–water partition coefficient (Wildman–Crippen LogP) is 3.84. The van der Waals surface area contributed by atoms with Crippen molar-refractivity contribution in [2.24, 2.45) is 5.92 Å². The van der Waals surface area contributed by atoms with Gasteiger partial charge in [0.25, 0.3) is 10.0 Å². The first-order valence-corrected chi connectivity index (χ1v) is 14.7. The molecule has 1 unspecified atom stereocenters. The monoisotopic (exact) mass is 543 g/mol. The van der Waals surface area contributed by atoms with Crippen molar-refractivity contribution in [1.29, 1.82) is 0 Å². The number of amides is 1. The summed E-state index contributed by atoms with van der Waals surface area (Å²) in [4.78, 5) is 13.1. The Hall–Kier alpha value is -3.41. The lowest BCUT2D eigenvalue weighted by molar-refractivity contribution is -0.120. The molecular formula is C26H29N3O6S2. The van der Waals surface area contributed by atoms with Crippen LogP contribution in [0, 0.1) is 12.8 Å². The molecule has 0 bridgehead atoms. The highest BCUT2D eigenvalue weighted by molar-refractivity contribution is 7.92. The van der Waals surface area contributed by atoms with Gasteiger partial charge in [-0.15, -0.1) is 0 Å². The Morgan fingerprint density at radius 2 is 1.57 bits per heavy atom. The molecule has 3 aromatic rings. The zero-order chi connectivity index (χ0) is 26.6. The molecule has 0 saturated carbocycles. The molecule has 1 amide bonds. The molecule has 196 valence electrons. The van der Waals surface area contributed by atoms with Gasteiger partial charge in [-0.05, 0) is 79.9 Å². The van der Waals surface area contributed by atoms with Crippen LogP contribution in [0.1, 0.15) is 18.4 Å². The quantitative estimate of drug-likeness (QED) is 0.445. The average Bonchev–Trinajstić information content (AvgIpc) is 2.90. The Kier molecular flexibility index (Phi) is 7.86. The first-order valence-electron chi connectivity index (χ1n) is 11.7. The van der Waals surface area contributed by atoms with Crippen molar-refractivity contribution in [1.82, 2.24) is 4.31 Å². The number of carbonyl (C=O) groups is 1. The van der Waals surface area contributed by atoms with Gasteiger partial charge in [0.1, 0.15) is 5.75 Å². The van der Waals surface area contributed by atoms with Crippen LogP contribution >= 0.6 is 0 Å². The fourth-order valence-electron chi connectivity index (χ4n) is 4.12. The summed E-state index contributed by atoms with van der Waals surface area (Å²) in [7, 11) is -6.05. The van der Waals surface area contributed by atoms with Gasteiger partial charge in [-0.25, -0.2) is 16.8 Å². The zero-order valence-corrected chi connectivity index (χ0v) is 22.2. The van der Waals surface area contributed by atoms with Gasteiger partial charge in [-0.2, -0.15) is 4.31 Å². The van der Waals surface area contributed by atoms with E-state index < -0.39 is 26.0 Å². The number of nitrogens with zero attached hydrogens (tertiary/aromatic N) is 1. The number of methoxy groups -OCH3 is 1. The molecule has 1 aliphatic heterocycles. The fraction of sp³-hybridized carbons (Fsp3) is 0.269. The topological polar surface area (TPSA) is 122 Å². The molecule has 1 saturated heterocycles. The zero-order valence-electron chi connectivity index (χ0n) is 20.5. The first-order chi connectivity index (χ1) is 17.6. The third kappa shape index (κ3) is 6.12. The highest BCUT2D eigenvalue weighted by atomic mass is 32.2. The van der Waals surface area contributed by atoms with Gasteiger partial charge in [0.05, 0.1) is 28.5 Å². The second-order valence-electron chi connectivity index (χ2n) is 8.81. The lowest BCUT2D eigenvalue weighted by Gasteiger charge is -2.31. The molecule has 2 N–H and O–H groups in total. The highest BCUT2D eigenvalue weighted by Gasteiger charge is 2.33. The van der Waals surface area contributed by atoms with Crippen molar-refractivity contribution in [3.8, 4) is 5.75 Å². The Balaban J connectivity index is 1.41. The second kappa shape index (κ2) is 10.9. The summed E-state index contributed by atoms with van der Waals surface area (Å²) >= 11 is 0. The first kappa shape index (κ1) is 26.6. The second-order valence-corrected chi connectivity index (χ2v) is 12.4. The van der Waals surface area contributed by atoms with Gasteiger partial charge in [0.2, 0.25) is 15.9 Å². The number of carbonyl (C=O) groups excluding carboxylic acids is 1. The van der Waals surface area contributed by atoms with Crippen molar-refractivity contribution in [3.63, 3.8) is 0 Å². The van der Waals surface area contributed by atoms with Crippen molar-refractivity contribution < 1.29 is 26.4 Å². The van der Waals surface area contributed by atoms with Gasteiger partial charge in [0.15, 0.2) is 0 Å². The van der Waals surface area contributed by atoms with E-state index in [0.29, 0.717) is 36.5 Å². The highest BCUT2D eigenvalue weighted by Crippen LogP contribution is 2.26. The molecule has 0 aromatic heterocycles. The number of ether oxygens (including phenoxy) is 1. The molecule has 9 nitrogen and oxygen atoms in total. The molecular weight excluding hydrogens is 514 g/mol. The Morgan fingerprint density at radius 1 is 0.919 bits per heavy atom. The largest absolute Gasteiger partial charge is 0.497 e. The summed E-state index contributed by atoms with van der Waals surface area (Å²) in [5.41, 5.74) is 1.71. The minimum Gasteiger partial charge on any atom is -0.497 e. The maximum atomic E-state index is 13.1. The molecule has 1 heterocycles. The molecule has 1 atom stereocenters. The van der Waals surface area contributed by atoms with Crippen LogP contribution in [0.3, 0.4) is 0 Å². The number of hydrogen-bond acceptors (Lipinski definition) is 6. The minimum atomic E-state index is -3.80. The Morgan fingerprint density at radius 3 is 2.22 bits per heavy atom. The molecule has 0 radical (unpaired) electrons. The van der Waals surface area contributed by atoms with Crippen LogP contribution in [-0.2, 0) is 24.8 Å². The summed E-state index contributed by atoms with van der Waals surface area (Å²) < 4.78 is 60.7. The van der Waals surface area contributed by atoms with E-state index in [9.17, 15) is 21.6 Å². The SMILES string of the molecule is COc1ccc(S(=O)(=O)N2CCCC(C(=O)Nc3ccc(S(=O)(=O)Nc4ccccc4C)cc3)C2)cc1. The molecule has 0 aliphatic carbocycles. The number of hydrogen-bond donors (Lipinski definition) is 2. The lowest BCUT2D eigenvalue weighted by atomic mass is 9.99. The van der Waals surface area contributed by atoms with Crippen LogP contribution in [0.25, 0.3) is 0 Å². The van der Waals surface area contributed by atoms with E-state index in [-0.39, 0.29) is 22.2 Å². The number of rotatable bonds is 8. The van der Waals surface area contributed by atoms with Crippen LogP contribution in [-0.4, -0.2) is 47.2 Å². The van der Waals surface area contributed by atoms with Crippen molar-refractivity contribution >= 4 is 37.3 Å². The maximum Gasteiger partial charge on any atom is 0.261 e. The third-order valence-electron chi connectivity index (χ3n) is 6.27. The maximum absolute atomic E-state index is 13.1. The average molecular weight is 544 g/mol. The molecule has 1 fully saturated rings. The van der Waals surface area contributed by atoms with E-state index in [0.717, 1.165) is 5.56 Å². The van der Waals surface area contributed by atoms with E-state index >= 15 is 0 Å². The number of aryl methyl sites for hydroxylation is 1. The summed E-state index contributed by atoms with van der Waals surface area (Å²) in [6, 6.07) is 19.1. The van der Waals surface area contributed by atoms with E-state index in [4.69, 9.17) is 4.74 Å². The molecule has 11 heteroatoms. The summed E-state index contributed by atoms with van der Waals surface area (Å²) in [5.74, 6) is -0.296. The Labute approximate surface area is 217 Å². The van der Waals surface area contributed by atoms with Crippen molar-refractivity contribution in [3.05, 3.63) is 78.4 Å². The molecule has 37 heavy (non-hydrogen) atoms.